The van der Waals surface area contributed by atoms with Gasteiger partial charge in [-0.15, -0.1) is 0 Å². The number of alkyl carbamates (subject to hydrolysis) is 1. The first-order valence-corrected chi connectivity index (χ1v) is 8.53. The van der Waals surface area contributed by atoms with Gasteiger partial charge in [0.1, 0.15) is 5.60 Å². The molecular formula is C16H22BrClN2O2. The first kappa shape index (κ1) is 17.4. The summed E-state index contributed by atoms with van der Waals surface area (Å²) in [7, 11) is 0. The molecule has 0 atom stereocenters. The van der Waals surface area contributed by atoms with E-state index in [0.29, 0.717) is 6.04 Å². The van der Waals surface area contributed by atoms with E-state index in [1.165, 1.54) is 0 Å². The highest BCUT2D eigenvalue weighted by molar-refractivity contribution is 9.10. The van der Waals surface area contributed by atoms with Crippen LogP contribution in [0.25, 0.3) is 0 Å². The molecule has 0 unspecified atom stereocenters. The molecule has 0 heterocycles. The molecule has 0 saturated heterocycles. The summed E-state index contributed by atoms with van der Waals surface area (Å²) in [6, 6.07) is 4.41. The minimum atomic E-state index is -0.463. The monoisotopic (exact) mass is 388 g/mol. The lowest BCUT2D eigenvalue weighted by atomic mass is 9.86. The van der Waals surface area contributed by atoms with Crippen LogP contribution < -0.4 is 10.6 Å². The Morgan fingerprint density at radius 1 is 1.32 bits per heavy atom. The van der Waals surface area contributed by atoms with Crippen LogP contribution in [0.1, 0.15) is 39.2 Å². The molecule has 2 rings (SSSR count). The van der Waals surface area contributed by atoms with Crippen molar-refractivity contribution >= 4 is 39.3 Å². The van der Waals surface area contributed by atoms with Gasteiger partial charge < -0.3 is 15.4 Å². The van der Waals surface area contributed by atoms with Gasteiger partial charge in [0.15, 0.2) is 0 Å². The molecule has 0 aromatic heterocycles. The number of aryl methyl sites for hydroxylation is 1. The van der Waals surface area contributed by atoms with Crippen molar-refractivity contribution in [1.29, 1.82) is 0 Å². The van der Waals surface area contributed by atoms with Crippen molar-refractivity contribution in [2.45, 2.75) is 58.2 Å². The van der Waals surface area contributed by atoms with E-state index in [-0.39, 0.29) is 12.1 Å². The van der Waals surface area contributed by atoms with Crippen molar-refractivity contribution in [3.63, 3.8) is 0 Å². The van der Waals surface area contributed by atoms with Crippen LogP contribution >= 0.6 is 27.5 Å². The van der Waals surface area contributed by atoms with Gasteiger partial charge in [0, 0.05) is 21.6 Å². The standard InChI is InChI=1S/C16H22BrClN2O2/c1-9-5-12(17)14(8-13(9)18)19-10-6-11(7-10)20-15(21)22-16(2,3)4/h5,8,10-11,19H,6-7H2,1-4H3,(H,20,21). The van der Waals surface area contributed by atoms with E-state index in [9.17, 15) is 4.79 Å². The van der Waals surface area contributed by atoms with E-state index in [4.69, 9.17) is 16.3 Å². The van der Waals surface area contributed by atoms with Gasteiger partial charge in [-0.3, -0.25) is 0 Å². The second-order valence-electron chi connectivity index (χ2n) is 6.74. The van der Waals surface area contributed by atoms with Crippen molar-refractivity contribution in [3.8, 4) is 0 Å². The Morgan fingerprint density at radius 2 is 1.95 bits per heavy atom. The predicted octanol–water partition coefficient (Wildman–Crippen LogP) is 4.88. The van der Waals surface area contributed by atoms with Gasteiger partial charge in [0.2, 0.25) is 0 Å². The summed E-state index contributed by atoms with van der Waals surface area (Å²) < 4.78 is 6.25. The van der Waals surface area contributed by atoms with Crippen LogP contribution in [0.5, 0.6) is 0 Å². The highest BCUT2D eigenvalue weighted by Gasteiger charge is 2.31. The molecular weight excluding hydrogens is 368 g/mol. The fourth-order valence-corrected chi connectivity index (χ4v) is 3.04. The largest absolute Gasteiger partial charge is 0.444 e. The Hall–Kier alpha value is -0.940. The molecule has 1 fully saturated rings. The van der Waals surface area contributed by atoms with Crippen molar-refractivity contribution in [3.05, 3.63) is 27.2 Å². The van der Waals surface area contributed by atoms with E-state index >= 15 is 0 Å². The highest BCUT2D eigenvalue weighted by atomic mass is 79.9. The maximum absolute atomic E-state index is 11.7. The van der Waals surface area contributed by atoms with Crippen LogP contribution in [0.15, 0.2) is 16.6 Å². The van der Waals surface area contributed by atoms with Crippen molar-refractivity contribution in [2.75, 3.05) is 5.32 Å². The number of hydrogen-bond acceptors (Lipinski definition) is 3. The normalized spacial score (nSPS) is 21.0. The average molecular weight is 390 g/mol. The topological polar surface area (TPSA) is 50.4 Å². The molecule has 1 aromatic carbocycles. The van der Waals surface area contributed by atoms with Gasteiger partial charge in [-0.05, 0) is 74.2 Å². The number of anilines is 1. The number of carbonyl (C=O) groups excluding carboxylic acids is 1. The quantitative estimate of drug-likeness (QED) is 0.774. The summed E-state index contributed by atoms with van der Waals surface area (Å²) in [5, 5.41) is 7.07. The zero-order chi connectivity index (χ0) is 16.5. The minimum Gasteiger partial charge on any atom is -0.444 e. The van der Waals surface area contributed by atoms with Gasteiger partial charge in [0.05, 0.1) is 5.69 Å². The first-order valence-electron chi connectivity index (χ1n) is 7.36. The molecule has 122 valence electrons. The second kappa shape index (κ2) is 6.67. The number of amides is 1. The van der Waals surface area contributed by atoms with Crippen LogP contribution in [-0.4, -0.2) is 23.8 Å². The maximum atomic E-state index is 11.7. The van der Waals surface area contributed by atoms with E-state index in [1.807, 2.05) is 39.8 Å². The summed E-state index contributed by atoms with van der Waals surface area (Å²) in [5.74, 6) is 0. The van der Waals surface area contributed by atoms with E-state index < -0.39 is 5.60 Å². The zero-order valence-electron chi connectivity index (χ0n) is 13.3. The molecule has 2 N–H and O–H groups in total. The smallest absolute Gasteiger partial charge is 0.407 e. The van der Waals surface area contributed by atoms with Crippen LogP contribution in [0.4, 0.5) is 10.5 Å². The van der Waals surface area contributed by atoms with E-state index in [0.717, 1.165) is 33.6 Å². The van der Waals surface area contributed by atoms with Gasteiger partial charge in [-0.2, -0.15) is 0 Å². The predicted molar refractivity (Wildman–Crippen MR) is 93.7 cm³/mol. The summed E-state index contributed by atoms with van der Waals surface area (Å²) in [5.41, 5.74) is 1.56. The Bertz CT molecular complexity index is 566. The molecule has 0 radical (unpaired) electrons. The summed E-state index contributed by atoms with van der Waals surface area (Å²) >= 11 is 9.70. The summed E-state index contributed by atoms with van der Waals surface area (Å²) in [6.07, 6.45) is 1.39. The van der Waals surface area contributed by atoms with Crippen LogP contribution in [0.2, 0.25) is 5.02 Å². The highest BCUT2D eigenvalue weighted by Crippen LogP contribution is 2.32. The lowest BCUT2D eigenvalue weighted by Crippen LogP contribution is -2.50. The molecule has 1 saturated carbocycles. The zero-order valence-corrected chi connectivity index (χ0v) is 15.6. The third kappa shape index (κ3) is 4.78. The fourth-order valence-electron chi connectivity index (χ4n) is 2.30. The molecule has 1 amide bonds. The number of hydrogen-bond donors (Lipinski definition) is 2. The summed E-state index contributed by atoms with van der Waals surface area (Å²) in [6.45, 7) is 7.55. The lowest BCUT2D eigenvalue weighted by molar-refractivity contribution is 0.0475. The van der Waals surface area contributed by atoms with Gasteiger partial charge in [-0.25, -0.2) is 4.79 Å². The third-order valence-electron chi connectivity index (χ3n) is 3.47. The van der Waals surface area contributed by atoms with Crippen LogP contribution in [0.3, 0.4) is 0 Å². The molecule has 6 heteroatoms. The number of rotatable bonds is 3. The van der Waals surface area contributed by atoms with Gasteiger partial charge in [0.25, 0.3) is 0 Å². The first-order chi connectivity index (χ1) is 10.1. The number of halogens is 2. The molecule has 4 nitrogen and oxygen atoms in total. The lowest BCUT2D eigenvalue weighted by Gasteiger charge is -2.37. The van der Waals surface area contributed by atoms with Gasteiger partial charge >= 0.3 is 6.09 Å². The van der Waals surface area contributed by atoms with E-state index in [2.05, 4.69) is 26.6 Å². The van der Waals surface area contributed by atoms with Crippen molar-refractivity contribution in [1.82, 2.24) is 5.32 Å². The van der Waals surface area contributed by atoms with Crippen LogP contribution in [0, 0.1) is 6.92 Å². The maximum Gasteiger partial charge on any atom is 0.407 e. The third-order valence-corrected chi connectivity index (χ3v) is 4.53. The fraction of sp³-hybridized carbons (Fsp3) is 0.562. The van der Waals surface area contributed by atoms with Crippen molar-refractivity contribution < 1.29 is 9.53 Å². The number of nitrogens with one attached hydrogen (secondary N) is 2. The average Bonchev–Trinajstić information content (AvgIpc) is 2.30. The minimum absolute atomic E-state index is 0.159. The molecule has 0 spiro atoms. The summed E-state index contributed by atoms with van der Waals surface area (Å²) in [4.78, 5) is 11.7. The van der Waals surface area contributed by atoms with Crippen LogP contribution in [-0.2, 0) is 4.74 Å². The van der Waals surface area contributed by atoms with E-state index in [1.54, 1.807) is 0 Å². The Morgan fingerprint density at radius 3 is 2.55 bits per heavy atom. The molecule has 1 aliphatic carbocycles. The molecule has 1 aromatic rings. The van der Waals surface area contributed by atoms with Gasteiger partial charge in [-0.1, -0.05) is 11.6 Å². The second-order valence-corrected chi connectivity index (χ2v) is 8.00. The molecule has 22 heavy (non-hydrogen) atoms. The molecule has 0 bridgehead atoms. The molecule has 0 aliphatic heterocycles. The Labute approximate surface area is 145 Å². The van der Waals surface area contributed by atoms with Crippen molar-refractivity contribution in [2.24, 2.45) is 0 Å². The Kier molecular flexibility index (Phi) is 5.28. The SMILES string of the molecule is Cc1cc(Br)c(NC2CC(NC(=O)OC(C)(C)C)C2)cc1Cl. The number of benzene rings is 1. The molecule has 1 aliphatic rings. The number of carbonyl (C=O) groups is 1. The number of ether oxygens (including phenoxy) is 1. The Balaban J connectivity index is 1.80.